The summed E-state index contributed by atoms with van der Waals surface area (Å²) < 4.78 is 5.65. The zero-order valence-corrected chi connectivity index (χ0v) is 16.0. The van der Waals surface area contributed by atoms with E-state index in [-0.39, 0.29) is 12.3 Å². The zero-order chi connectivity index (χ0) is 22.1. The van der Waals surface area contributed by atoms with Crippen LogP contribution in [-0.2, 0) is 9.59 Å². The number of aliphatic hydroxyl groups is 1. The van der Waals surface area contributed by atoms with E-state index in [9.17, 15) is 24.6 Å². The number of hydrogen-bond donors (Lipinski definition) is 4. The van der Waals surface area contributed by atoms with Crippen LogP contribution < -0.4 is 16.2 Å². The van der Waals surface area contributed by atoms with E-state index in [2.05, 4.69) is 12.8 Å². The maximum Gasteiger partial charge on any atom is 0.352 e. The summed E-state index contributed by atoms with van der Waals surface area (Å²) in [6.07, 6.45) is 6.88. The molecule has 29 heavy (non-hydrogen) atoms. The molecule has 9 heteroatoms. The number of carbonyl (C=O) groups excluding carboxylic acids is 2. The SMILES string of the molecule is C#C.C[C@H]1C(COc2ccc(C(N)=O)cc2)=C(C(=O)O)N2C(=O)[C@](N)([C@@H](C)O)C12. The molecule has 9 nitrogen and oxygen atoms in total. The third-order valence-electron chi connectivity index (χ3n) is 5.35. The van der Waals surface area contributed by atoms with E-state index in [1.165, 1.54) is 19.1 Å². The molecular formula is C20H23N3O6. The molecule has 2 aliphatic heterocycles. The monoisotopic (exact) mass is 401 g/mol. The predicted molar refractivity (Wildman–Crippen MR) is 103 cm³/mol. The third kappa shape index (κ3) is 3.33. The lowest BCUT2D eigenvalue weighted by atomic mass is 9.71. The lowest BCUT2D eigenvalue weighted by Crippen LogP contribution is -2.81. The van der Waals surface area contributed by atoms with Crippen LogP contribution in [-0.4, -0.2) is 57.2 Å². The Balaban J connectivity index is 0.00000145. The molecule has 2 heterocycles. The van der Waals surface area contributed by atoms with E-state index >= 15 is 0 Å². The van der Waals surface area contributed by atoms with Crippen molar-refractivity contribution in [3.63, 3.8) is 0 Å². The number of aliphatic hydroxyl groups excluding tert-OH is 1. The van der Waals surface area contributed by atoms with Gasteiger partial charge in [0.2, 0.25) is 5.91 Å². The number of terminal acetylenes is 1. The van der Waals surface area contributed by atoms with Crippen LogP contribution in [0.2, 0.25) is 0 Å². The molecule has 3 rings (SSSR count). The van der Waals surface area contributed by atoms with Crippen LogP contribution >= 0.6 is 0 Å². The van der Waals surface area contributed by atoms with E-state index < -0.39 is 41.4 Å². The number of fused-ring (bicyclic) bond motifs is 1. The van der Waals surface area contributed by atoms with Gasteiger partial charge in [-0.1, -0.05) is 6.92 Å². The largest absolute Gasteiger partial charge is 0.489 e. The molecule has 1 aromatic carbocycles. The minimum Gasteiger partial charge on any atom is -0.489 e. The lowest BCUT2D eigenvalue weighted by Gasteiger charge is -2.53. The number of aliphatic carboxylic acids is 1. The van der Waals surface area contributed by atoms with Crippen LogP contribution in [0.4, 0.5) is 0 Å². The van der Waals surface area contributed by atoms with E-state index in [1.807, 2.05) is 0 Å². The average molecular weight is 401 g/mol. The number of primary amides is 1. The Hall–Kier alpha value is -3.35. The second-order valence-corrected chi connectivity index (χ2v) is 6.87. The van der Waals surface area contributed by atoms with Crippen LogP contribution in [0.15, 0.2) is 35.5 Å². The molecule has 0 spiro atoms. The second kappa shape index (κ2) is 7.95. The number of ether oxygens (including phenoxy) is 1. The van der Waals surface area contributed by atoms with E-state index in [0.29, 0.717) is 16.9 Å². The first kappa shape index (κ1) is 21.9. The minimum atomic E-state index is -1.52. The molecule has 2 aliphatic rings. The number of carboxylic acid groups (broad SMARTS) is 1. The maximum atomic E-state index is 12.4. The van der Waals surface area contributed by atoms with Crippen LogP contribution in [0.3, 0.4) is 0 Å². The molecule has 0 bridgehead atoms. The van der Waals surface area contributed by atoms with Gasteiger partial charge in [-0.25, -0.2) is 4.79 Å². The Bertz CT molecular complexity index is 889. The Morgan fingerprint density at radius 3 is 2.31 bits per heavy atom. The molecule has 6 N–H and O–H groups in total. The summed E-state index contributed by atoms with van der Waals surface area (Å²) in [6, 6.07) is 5.44. The molecule has 1 unspecified atom stereocenters. The summed E-state index contributed by atoms with van der Waals surface area (Å²) in [6.45, 7) is 3.09. The van der Waals surface area contributed by atoms with Crippen molar-refractivity contribution < 1.29 is 29.3 Å². The summed E-state index contributed by atoms with van der Waals surface area (Å²) >= 11 is 0. The highest BCUT2D eigenvalue weighted by atomic mass is 16.5. The van der Waals surface area contributed by atoms with E-state index in [0.717, 1.165) is 4.90 Å². The number of amides is 2. The van der Waals surface area contributed by atoms with Crippen LogP contribution in [0.5, 0.6) is 5.75 Å². The molecule has 0 aromatic heterocycles. The summed E-state index contributed by atoms with van der Waals surface area (Å²) in [4.78, 5) is 36.4. The van der Waals surface area contributed by atoms with Gasteiger partial charge in [0.1, 0.15) is 23.6 Å². The Kier molecular flexibility index (Phi) is 6.01. The van der Waals surface area contributed by atoms with Crippen molar-refractivity contribution in [3.05, 3.63) is 41.1 Å². The fourth-order valence-corrected chi connectivity index (χ4v) is 3.79. The first-order chi connectivity index (χ1) is 13.6. The van der Waals surface area contributed by atoms with Crippen LogP contribution in [0, 0.1) is 18.8 Å². The molecule has 0 saturated carbocycles. The standard InChI is InChI=1S/C18H21N3O6.C2H2/c1-8-12(7-27-11-5-3-10(4-6-11)15(19)23)13(16(24)25)21-14(8)18(20,9(2)22)17(21)26;1-2/h3-6,8-9,14,22H,7,20H2,1-2H3,(H2,19,23)(H,24,25);1-2H/t8-,9+,14?,18-;/m0./s1. The summed E-state index contributed by atoms with van der Waals surface area (Å²) in [5.41, 5.74) is 10.3. The highest BCUT2D eigenvalue weighted by molar-refractivity contribution is 6.04. The van der Waals surface area contributed by atoms with E-state index in [4.69, 9.17) is 16.2 Å². The van der Waals surface area contributed by atoms with E-state index in [1.54, 1.807) is 19.1 Å². The van der Waals surface area contributed by atoms with Crippen molar-refractivity contribution in [2.45, 2.75) is 31.5 Å². The fraction of sp³-hybridized carbons (Fsp3) is 0.350. The van der Waals surface area contributed by atoms with Crippen LogP contribution in [0.25, 0.3) is 0 Å². The second-order valence-electron chi connectivity index (χ2n) is 6.87. The number of carboxylic acids is 1. The van der Waals surface area contributed by atoms with Gasteiger partial charge < -0.3 is 26.4 Å². The topological polar surface area (TPSA) is 156 Å². The Morgan fingerprint density at radius 2 is 1.86 bits per heavy atom. The van der Waals surface area contributed by atoms with Crippen molar-refractivity contribution in [1.82, 2.24) is 4.90 Å². The van der Waals surface area contributed by atoms with Crippen molar-refractivity contribution in [2.75, 3.05) is 6.61 Å². The summed E-state index contributed by atoms with van der Waals surface area (Å²) in [5, 5.41) is 19.5. The summed E-state index contributed by atoms with van der Waals surface area (Å²) in [7, 11) is 0. The predicted octanol–water partition coefficient (Wildman–Crippen LogP) is -0.309. The van der Waals surface area contributed by atoms with Crippen molar-refractivity contribution in [3.8, 4) is 18.6 Å². The Labute approximate surface area is 167 Å². The smallest absolute Gasteiger partial charge is 0.352 e. The molecule has 1 fully saturated rings. The Morgan fingerprint density at radius 1 is 1.31 bits per heavy atom. The number of carbonyl (C=O) groups is 3. The van der Waals surface area contributed by atoms with Gasteiger partial charge in [-0.05, 0) is 31.2 Å². The number of benzene rings is 1. The van der Waals surface area contributed by atoms with Crippen LogP contribution in [0.1, 0.15) is 24.2 Å². The van der Waals surface area contributed by atoms with Gasteiger partial charge in [0.15, 0.2) is 0 Å². The zero-order valence-electron chi connectivity index (χ0n) is 16.0. The lowest BCUT2D eigenvalue weighted by molar-refractivity contribution is -0.167. The first-order valence-electron chi connectivity index (χ1n) is 8.73. The van der Waals surface area contributed by atoms with Gasteiger partial charge in [0.05, 0.1) is 12.1 Å². The maximum absolute atomic E-state index is 12.4. The third-order valence-corrected chi connectivity index (χ3v) is 5.35. The highest BCUT2D eigenvalue weighted by Crippen LogP contribution is 2.48. The van der Waals surface area contributed by atoms with Crippen molar-refractivity contribution >= 4 is 17.8 Å². The molecule has 1 saturated heterocycles. The van der Waals surface area contributed by atoms with Gasteiger partial charge >= 0.3 is 5.97 Å². The number of rotatable bonds is 6. The fourth-order valence-electron chi connectivity index (χ4n) is 3.79. The first-order valence-corrected chi connectivity index (χ1v) is 8.73. The minimum absolute atomic E-state index is 0.0745. The molecule has 0 radical (unpaired) electrons. The molecule has 4 atom stereocenters. The van der Waals surface area contributed by atoms with Gasteiger partial charge in [0, 0.05) is 17.1 Å². The molecule has 154 valence electrons. The van der Waals surface area contributed by atoms with Gasteiger partial charge in [-0.3, -0.25) is 14.5 Å². The van der Waals surface area contributed by atoms with Gasteiger partial charge in [0.25, 0.3) is 5.91 Å². The van der Waals surface area contributed by atoms with Gasteiger partial charge in [-0.2, -0.15) is 0 Å². The normalized spacial score (nSPS) is 26.0. The molecular weight excluding hydrogens is 378 g/mol. The highest BCUT2D eigenvalue weighted by Gasteiger charge is 2.68. The van der Waals surface area contributed by atoms with Gasteiger partial charge in [-0.15, -0.1) is 12.8 Å². The van der Waals surface area contributed by atoms with Crippen molar-refractivity contribution in [1.29, 1.82) is 0 Å². The number of nitrogens with zero attached hydrogens (tertiary/aromatic N) is 1. The number of hydrogen-bond acceptors (Lipinski definition) is 6. The number of nitrogens with two attached hydrogens (primary N) is 2. The van der Waals surface area contributed by atoms with Crippen molar-refractivity contribution in [2.24, 2.45) is 17.4 Å². The quantitative estimate of drug-likeness (QED) is 0.376. The number of β-lactam (4-membered cyclic amide) rings is 1. The molecule has 2 amide bonds. The average Bonchev–Trinajstić information content (AvgIpc) is 2.97. The molecule has 1 aromatic rings. The summed E-state index contributed by atoms with van der Waals surface area (Å²) in [5.74, 6) is -2.43. The molecule has 0 aliphatic carbocycles.